The van der Waals surface area contributed by atoms with Crippen LogP contribution in [0, 0.1) is 5.82 Å². The number of anilines is 1. The summed E-state index contributed by atoms with van der Waals surface area (Å²) in [7, 11) is 0. The molecule has 0 bridgehead atoms. The first-order chi connectivity index (χ1) is 13.0. The van der Waals surface area contributed by atoms with Gasteiger partial charge in [-0.1, -0.05) is 12.1 Å². The fraction of sp³-hybridized carbons (Fsp3) is 0.111. The first-order valence-electron chi connectivity index (χ1n) is 8.02. The van der Waals surface area contributed by atoms with Gasteiger partial charge >= 0.3 is 0 Å². The number of halogens is 1. The van der Waals surface area contributed by atoms with Crippen molar-refractivity contribution >= 4 is 29.7 Å². The van der Waals surface area contributed by atoms with Gasteiger partial charge in [0.25, 0.3) is 5.91 Å². The number of rotatable bonds is 5. The second-order valence-electron chi connectivity index (χ2n) is 5.68. The Balaban J connectivity index is 1.55. The highest BCUT2D eigenvalue weighted by Gasteiger charge is 2.28. The first-order valence-corrected chi connectivity index (χ1v) is 8.02. The number of guanidine groups is 1. The number of aromatic hydroxyl groups is 1. The second kappa shape index (κ2) is 8.09. The largest absolute Gasteiger partial charge is 0.508 e. The summed E-state index contributed by atoms with van der Waals surface area (Å²) in [5.41, 5.74) is 3.34. The second-order valence-corrected chi connectivity index (χ2v) is 5.68. The summed E-state index contributed by atoms with van der Waals surface area (Å²) in [5, 5.41) is 18.0. The topological polar surface area (TPSA) is 115 Å². The van der Waals surface area contributed by atoms with Crippen LogP contribution in [0.25, 0.3) is 0 Å². The van der Waals surface area contributed by atoms with Crippen LogP contribution in [-0.4, -0.2) is 35.1 Å². The fourth-order valence-electron chi connectivity index (χ4n) is 2.31. The van der Waals surface area contributed by atoms with Gasteiger partial charge in [-0.3, -0.25) is 14.9 Å². The molecule has 1 atom stereocenters. The molecule has 138 valence electrons. The number of benzene rings is 2. The summed E-state index contributed by atoms with van der Waals surface area (Å²) in [4.78, 5) is 28.0. The molecule has 0 aliphatic carbocycles. The van der Waals surface area contributed by atoms with Gasteiger partial charge in [-0.05, 0) is 42.0 Å². The van der Waals surface area contributed by atoms with Crippen molar-refractivity contribution in [3.8, 4) is 5.75 Å². The third-order valence-corrected chi connectivity index (χ3v) is 3.63. The maximum Gasteiger partial charge on any atom is 0.252 e. The van der Waals surface area contributed by atoms with Crippen molar-refractivity contribution in [1.29, 1.82) is 0 Å². The zero-order valence-electron chi connectivity index (χ0n) is 14.0. The Bertz CT molecular complexity index is 911. The molecule has 1 heterocycles. The van der Waals surface area contributed by atoms with Crippen LogP contribution in [0.3, 0.4) is 0 Å². The maximum atomic E-state index is 13.5. The van der Waals surface area contributed by atoms with Crippen LogP contribution in [0.1, 0.15) is 12.0 Å². The van der Waals surface area contributed by atoms with E-state index in [-0.39, 0.29) is 23.8 Å². The third-order valence-electron chi connectivity index (χ3n) is 3.63. The lowest BCUT2D eigenvalue weighted by atomic mass is 10.2. The quantitative estimate of drug-likeness (QED) is 0.470. The number of nitrogens with zero attached hydrogens (tertiary/aromatic N) is 2. The molecule has 0 spiro atoms. The molecular formula is C18H16FN5O3. The van der Waals surface area contributed by atoms with Gasteiger partial charge in [0.2, 0.25) is 11.9 Å². The summed E-state index contributed by atoms with van der Waals surface area (Å²) in [5.74, 6) is -1.29. The Hall–Kier alpha value is -3.75. The molecule has 1 aliphatic rings. The predicted molar refractivity (Wildman–Crippen MR) is 97.8 cm³/mol. The van der Waals surface area contributed by atoms with Crippen LogP contribution >= 0.6 is 0 Å². The van der Waals surface area contributed by atoms with Crippen molar-refractivity contribution in [1.82, 2.24) is 10.7 Å². The van der Waals surface area contributed by atoms with Crippen molar-refractivity contribution in [2.45, 2.75) is 12.5 Å². The van der Waals surface area contributed by atoms with E-state index in [0.717, 1.165) is 5.56 Å². The fourth-order valence-corrected chi connectivity index (χ4v) is 2.31. The Morgan fingerprint density at radius 1 is 1.26 bits per heavy atom. The van der Waals surface area contributed by atoms with Gasteiger partial charge in [-0.2, -0.15) is 5.10 Å². The average Bonchev–Trinajstić information content (AvgIpc) is 2.98. The molecule has 0 aromatic heterocycles. The molecule has 0 fully saturated rings. The molecule has 2 aromatic rings. The zero-order valence-corrected chi connectivity index (χ0v) is 14.0. The van der Waals surface area contributed by atoms with Crippen molar-refractivity contribution in [3.05, 3.63) is 59.9 Å². The summed E-state index contributed by atoms with van der Waals surface area (Å²) < 4.78 is 13.5. The van der Waals surface area contributed by atoms with Crippen LogP contribution < -0.4 is 16.1 Å². The van der Waals surface area contributed by atoms with Gasteiger partial charge in [0.05, 0.1) is 18.3 Å². The van der Waals surface area contributed by atoms with Crippen LogP contribution in [0.5, 0.6) is 5.75 Å². The number of phenolic OH excluding ortho intramolecular Hbond substituents is 1. The predicted octanol–water partition coefficient (Wildman–Crippen LogP) is 1.34. The number of hydrogen-bond acceptors (Lipinski definition) is 6. The van der Waals surface area contributed by atoms with Gasteiger partial charge < -0.3 is 10.4 Å². The lowest BCUT2D eigenvalue weighted by Gasteiger charge is -2.07. The average molecular weight is 369 g/mol. The summed E-state index contributed by atoms with van der Waals surface area (Å²) in [6.07, 6.45) is 1.25. The molecule has 8 nitrogen and oxygen atoms in total. The van der Waals surface area contributed by atoms with Crippen molar-refractivity contribution < 1.29 is 19.1 Å². The van der Waals surface area contributed by atoms with Crippen molar-refractivity contribution in [3.63, 3.8) is 0 Å². The molecule has 2 amide bonds. The van der Waals surface area contributed by atoms with E-state index in [9.17, 15) is 19.1 Å². The lowest BCUT2D eigenvalue weighted by molar-refractivity contribution is -0.123. The Morgan fingerprint density at radius 3 is 2.74 bits per heavy atom. The van der Waals surface area contributed by atoms with E-state index in [0.29, 0.717) is 0 Å². The van der Waals surface area contributed by atoms with Gasteiger partial charge in [0.1, 0.15) is 17.6 Å². The molecule has 27 heavy (non-hydrogen) atoms. The van der Waals surface area contributed by atoms with Gasteiger partial charge in [-0.15, -0.1) is 0 Å². The van der Waals surface area contributed by atoms with Gasteiger partial charge in [0, 0.05) is 0 Å². The molecule has 3 rings (SSSR count). The monoisotopic (exact) mass is 369 g/mol. The van der Waals surface area contributed by atoms with Gasteiger partial charge in [-0.25, -0.2) is 14.8 Å². The highest BCUT2D eigenvalue weighted by molar-refractivity contribution is 6.07. The number of carbonyl (C=O) groups excluding carboxylic acids is 2. The maximum absolute atomic E-state index is 13.5. The third kappa shape index (κ3) is 4.88. The smallest absolute Gasteiger partial charge is 0.252 e. The van der Waals surface area contributed by atoms with E-state index in [1.54, 1.807) is 18.2 Å². The van der Waals surface area contributed by atoms with E-state index in [1.807, 2.05) is 0 Å². The Kier molecular flexibility index (Phi) is 5.41. The number of aliphatic imine (C=N–C) groups is 1. The lowest BCUT2D eigenvalue weighted by Crippen LogP contribution is -2.35. The summed E-state index contributed by atoms with van der Waals surface area (Å²) >= 11 is 0. The number of hydrazone groups is 1. The molecule has 2 aromatic carbocycles. The summed E-state index contributed by atoms with van der Waals surface area (Å²) in [6, 6.07) is 11.2. The number of amides is 2. The minimum absolute atomic E-state index is 0.0433. The Labute approximate surface area is 153 Å². The van der Waals surface area contributed by atoms with E-state index >= 15 is 0 Å². The number of hydrogen-bond donors (Lipinski definition) is 4. The molecule has 4 N–H and O–H groups in total. The molecular weight excluding hydrogens is 353 g/mol. The molecule has 1 aliphatic heterocycles. The zero-order chi connectivity index (χ0) is 19.2. The SMILES string of the molecule is O=C(C[C@@H]1N=C(N/N=C\c2ccc(O)cc2)NC1=O)Nc1ccccc1F. The van der Waals surface area contributed by atoms with Crippen LogP contribution in [-0.2, 0) is 9.59 Å². The van der Waals surface area contributed by atoms with E-state index in [1.165, 1.54) is 36.5 Å². The molecule has 0 saturated carbocycles. The van der Waals surface area contributed by atoms with Gasteiger partial charge in [0.15, 0.2) is 0 Å². The highest BCUT2D eigenvalue weighted by Crippen LogP contribution is 2.14. The standard InChI is InChI=1S/C18H16FN5O3/c19-13-3-1-2-4-14(13)21-16(26)9-15-17(27)23-18(22-15)24-20-10-11-5-7-12(25)8-6-11/h1-8,10,15,25H,9H2,(H,21,26)(H2,22,23,24,27)/b20-10-/t15-/m0/s1. The minimum Gasteiger partial charge on any atom is -0.508 e. The Morgan fingerprint density at radius 2 is 2.00 bits per heavy atom. The van der Waals surface area contributed by atoms with Crippen LogP contribution in [0.2, 0.25) is 0 Å². The highest BCUT2D eigenvalue weighted by atomic mass is 19.1. The van der Waals surface area contributed by atoms with E-state index in [4.69, 9.17) is 0 Å². The van der Waals surface area contributed by atoms with Crippen molar-refractivity contribution in [2.24, 2.45) is 10.1 Å². The van der Waals surface area contributed by atoms with Crippen molar-refractivity contribution in [2.75, 3.05) is 5.32 Å². The minimum atomic E-state index is -0.928. The van der Waals surface area contributed by atoms with E-state index < -0.39 is 23.7 Å². The van der Waals surface area contributed by atoms with Crippen LogP contribution in [0.15, 0.2) is 58.6 Å². The number of para-hydroxylation sites is 1. The normalized spacial score (nSPS) is 16.1. The molecule has 9 heteroatoms. The van der Waals surface area contributed by atoms with E-state index in [2.05, 4.69) is 26.2 Å². The number of phenols is 1. The molecule has 0 saturated heterocycles. The molecule has 0 radical (unpaired) electrons. The number of nitrogens with one attached hydrogen (secondary N) is 3. The summed E-state index contributed by atoms with van der Waals surface area (Å²) in [6.45, 7) is 0. The number of carbonyl (C=O) groups is 2. The first kappa shape index (κ1) is 18.1. The molecule has 0 unspecified atom stereocenters. The van der Waals surface area contributed by atoms with Crippen LogP contribution in [0.4, 0.5) is 10.1 Å².